The van der Waals surface area contributed by atoms with Gasteiger partial charge in [-0.3, -0.25) is 9.78 Å². The maximum absolute atomic E-state index is 11.1. The number of aromatic nitrogens is 1. The summed E-state index contributed by atoms with van der Waals surface area (Å²) in [5, 5.41) is 0.915. The number of aldehydes is 1. The SMILES string of the molecule is COCCCc1cc(C=O)c2ccccc2n1. The summed E-state index contributed by atoms with van der Waals surface area (Å²) >= 11 is 0. The van der Waals surface area contributed by atoms with Crippen LogP contribution in [0.2, 0.25) is 0 Å². The molecule has 0 saturated carbocycles. The maximum Gasteiger partial charge on any atom is 0.150 e. The van der Waals surface area contributed by atoms with E-state index >= 15 is 0 Å². The summed E-state index contributed by atoms with van der Waals surface area (Å²) in [4.78, 5) is 15.6. The van der Waals surface area contributed by atoms with Crippen molar-refractivity contribution in [1.29, 1.82) is 0 Å². The maximum atomic E-state index is 11.1. The van der Waals surface area contributed by atoms with Gasteiger partial charge in [0.1, 0.15) is 0 Å². The highest BCUT2D eigenvalue weighted by Gasteiger charge is 2.04. The van der Waals surface area contributed by atoms with Crippen LogP contribution in [-0.2, 0) is 11.2 Å². The summed E-state index contributed by atoms with van der Waals surface area (Å²) in [6.45, 7) is 0.713. The van der Waals surface area contributed by atoms with Crippen LogP contribution in [-0.4, -0.2) is 25.0 Å². The Morgan fingerprint density at radius 1 is 1.35 bits per heavy atom. The van der Waals surface area contributed by atoms with Crippen molar-refractivity contribution < 1.29 is 9.53 Å². The second-order valence-corrected chi connectivity index (χ2v) is 3.93. The Kier molecular flexibility index (Phi) is 3.83. The van der Waals surface area contributed by atoms with Crippen LogP contribution >= 0.6 is 0 Å². The van der Waals surface area contributed by atoms with Crippen LogP contribution in [0.3, 0.4) is 0 Å². The molecule has 0 aliphatic rings. The van der Waals surface area contributed by atoms with Crippen molar-refractivity contribution in [3.63, 3.8) is 0 Å². The van der Waals surface area contributed by atoms with E-state index in [0.717, 1.165) is 35.7 Å². The highest BCUT2D eigenvalue weighted by Crippen LogP contribution is 2.17. The molecule has 1 aromatic carbocycles. The van der Waals surface area contributed by atoms with Crippen LogP contribution in [0.1, 0.15) is 22.5 Å². The van der Waals surface area contributed by atoms with Crippen LogP contribution in [0, 0.1) is 0 Å². The van der Waals surface area contributed by atoms with Gasteiger partial charge in [0, 0.05) is 30.4 Å². The van der Waals surface area contributed by atoms with Gasteiger partial charge >= 0.3 is 0 Å². The van der Waals surface area contributed by atoms with E-state index in [1.807, 2.05) is 30.3 Å². The number of hydrogen-bond acceptors (Lipinski definition) is 3. The molecular weight excluding hydrogens is 214 g/mol. The van der Waals surface area contributed by atoms with Crippen molar-refractivity contribution in [3.05, 3.63) is 41.6 Å². The van der Waals surface area contributed by atoms with Gasteiger partial charge in [0.2, 0.25) is 0 Å². The smallest absolute Gasteiger partial charge is 0.150 e. The first-order valence-corrected chi connectivity index (χ1v) is 5.68. The van der Waals surface area contributed by atoms with Gasteiger partial charge in [0.15, 0.2) is 6.29 Å². The van der Waals surface area contributed by atoms with E-state index in [9.17, 15) is 4.79 Å². The number of fused-ring (bicyclic) bond motifs is 1. The molecule has 0 atom stereocenters. The van der Waals surface area contributed by atoms with Gasteiger partial charge in [0.25, 0.3) is 0 Å². The van der Waals surface area contributed by atoms with Gasteiger partial charge in [-0.05, 0) is 25.0 Å². The molecule has 2 rings (SSSR count). The lowest BCUT2D eigenvalue weighted by molar-refractivity contribution is 0.112. The summed E-state index contributed by atoms with van der Waals surface area (Å²) in [6.07, 6.45) is 2.64. The van der Waals surface area contributed by atoms with E-state index in [4.69, 9.17) is 4.74 Å². The monoisotopic (exact) mass is 229 g/mol. The molecule has 0 saturated heterocycles. The molecule has 3 heteroatoms. The molecule has 1 heterocycles. The predicted octanol–water partition coefficient (Wildman–Crippen LogP) is 2.63. The fourth-order valence-corrected chi connectivity index (χ4v) is 1.88. The minimum atomic E-state index is 0.711. The number of aryl methyl sites for hydroxylation is 1. The summed E-state index contributed by atoms with van der Waals surface area (Å²) in [5.41, 5.74) is 2.54. The van der Waals surface area contributed by atoms with E-state index in [1.165, 1.54) is 0 Å². The summed E-state index contributed by atoms with van der Waals surface area (Å²) in [7, 11) is 1.69. The highest BCUT2D eigenvalue weighted by molar-refractivity contribution is 5.96. The molecule has 88 valence electrons. The second-order valence-electron chi connectivity index (χ2n) is 3.93. The van der Waals surface area contributed by atoms with Crippen LogP contribution in [0.25, 0.3) is 10.9 Å². The van der Waals surface area contributed by atoms with Crippen molar-refractivity contribution >= 4 is 17.2 Å². The van der Waals surface area contributed by atoms with Crippen LogP contribution in [0.5, 0.6) is 0 Å². The fraction of sp³-hybridized carbons (Fsp3) is 0.286. The van der Waals surface area contributed by atoms with Crippen LogP contribution in [0.15, 0.2) is 30.3 Å². The third kappa shape index (κ3) is 2.68. The third-order valence-corrected chi connectivity index (χ3v) is 2.71. The molecule has 0 aliphatic carbocycles. The zero-order valence-corrected chi connectivity index (χ0v) is 9.85. The van der Waals surface area contributed by atoms with Gasteiger partial charge in [-0.1, -0.05) is 18.2 Å². The van der Waals surface area contributed by atoms with Crippen molar-refractivity contribution in [2.45, 2.75) is 12.8 Å². The molecule has 0 unspecified atom stereocenters. The highest BCUT2D eigenvalue weighted by atomic mass is 16.5. The third-order valence-electron chi connectivity index (χ3n) is 2.71. The normalized spacial score (nSPS) is 10.6. The minimum absolute atomic E-state index is 0.711. The van der Waals surface area contributed by atoms with Crippen molar-refractivity contribution in [1.82, 2.24) is 4.98 Å². The average Bonchev–Trinajstić information content (AvgIpc) is 2.38. The number of methoxy groups -OCH3 is 1. The molecule has 17 heavy (non-hydrogen) atoms. The Balaban J connectivity index is 2.35. The number of nitrogens with zero attached hydrogens (tertiary/aromatic N) is 1. The van der Waals surface area contributed by atoms with Gasteiger partial charge in [-0.25, -0.2) is 0 Å². The Hall–Kier alpha value is -1.74. The first kappa shape index (κ1) is 11.7. The molecule has 1 aromatic heterocycles. The Morgan fingerprint density at radius 2 is 2.18 bits per heavy atom. The lowest BCUT2D eigenvalue weighted by atomic mass is 10.1. The van der Waals surface area contributed by atoms with Crippen LogP contribution in [0.4, 0.5) is 0 Å². The summed E-state index contributed by atoms with van der Waals surface area (Å²) in [5.74, 6) is 0. The zero-order valence-electron chi connectivity index (χ0n) is 9.85. The summed E-state index contributed by atoms with van der Waals surface area (Å²) in [6, 6.07) is 9.57. The Bertz CT molecular complexity index is 523. The summed E-state index contributed by atoms with van der Waals surface area (Å²) < 4.78 is 5.01. The van der Waals surface area contributed by atoms with E-state index in [-0.39, 0.29) is 0 Å². The molecule has 0 radical (unpaired) electrons. The number of hydrogen-bond donors (Lipinski definition) is 0. The molecule has 3 nitrogen and oxygen atoms in total. The Labute approximate surface area is 100 Å². The number of benzene rings is 1. The first-order chi connectivity index (χ1) is 8.35. The number of ether oxygens (including phenoxy) is 1. The number of rotatable bonds is 5. The Morgan fingerprint density at radius 3 is 2.94 bits per heavy atom. The van der Waals surface area contributed by atoms with E-state index in [2.05, 4.69) is 4.98 Å². The number of pyridine rings is 1. The van der Waals surface area contributed by atoms with E-state index in [0.29, 0.717) is 12.2 Å². The topological polar surface area (TPSA) is 39.2 Å². The molecule has 0 bridgehead atoms. The number of para-hydroxylation sites is 1. The average molecular weight is 229 g/mol. The number of carbonyl (C=O) groups excluding carboxylic acids is 1. The van der Waals surface area contributed by atoms with Gasteiger partial charge in [-0.2, -0.15) is 0 Å². The predicted molar refractivity (Wildman–Crippen MR) is 67.3 cm³/mol. The van der Waals surface area contributed by atoms with Crippen molar-refractivity contribution in [2.75, 3.05) is 13.7 Å². The lowest BCUT2D eigenvalue weighted by Gasteiger charge is -2.05. The van der Waals surface area contributed by atoms with Gasteiger partial charge in [0.05, 0.1) is 5.52 Å². The van der Waals surface area contributed by atoms with Crippen LogP contribution < -0.4 is 0 Å². The molecule has 2 aromatic rings. The van der Waals surface area contributed by atoms with E-state index < -0.39 is 0 Å². The fourth-order valence-electron chi connectivity index (χ4n) is 1.88. The van der Waals surface area contributed by atoms with E-state index in [1.54, 1.807) is 7.11 Å². The molecular formula is C14H15NO2. The largest absolute Gasteiger partial charge is 0.385 e. The number of carbonyl (C=O) groups is 1. The van der Waals surface area contributed by atoms with Gasteiger partial charge < -0.3 is 4.74 Å². The molecule has 0 amide bonds. The van der Waals surface area contributed by atoms with Crippen molar-refractivity contribution in [3.8, 4) is 0 Å². The standard InChI is InChI=1S/C14H15NO2/c1-17-8-4-5-12-9-11(10-16)13-6-2-3-7-14(13)15-12/h2-3,6-7,9-10H,4-5,8H2,1H3. The minimum Gasteiger partial charge on any atom is -0.385 e. The zero-order chi connectivity index (χ0) is 12.1. The second kappa shape index (κ2) is 5.55. The van der Waals surface area contributed by atoms with Gasteiger partial charge in [-0.15, -0.1) is 0 Å². The quantitative estimate of drug-likeness (QED) is 0.584. The molecule has 0 aliphatic heterocycles. The first-order valence-electron chi connectivity index (χ1n) is 5.68. The molecule has 0 spiro atoms. The molecule has 0 fully saturated rings. The molecule has 0 N–H and O–H groups in total. The van der Waals surface area contributed by atoms with Crippen molar-refractivity contribution in [2.24, 2.45) is 0 Å². The lowest BCUT2D eigenvalue weighted by Crippen LogP contribution is -1.98.